The molecule has 0 heterocycles. The van der Waals surface area contributed by atoms with Gasteiger partial charge >= 0.3 is 0 Å². The molecule has 0 aliphatic carbocycles. The van der Waals surface area contributed by atoms with E-state index in [9.17, 15) is 0 Å². The second kappa shape index (κ2) is 8.08. The average Bonchev–Trinajstić information content (AvgIpc) is 2.55. The first-order valence-electron chi connectivity index (χ1n) is 8.79. The lowest BCUT2D eigenvalue weighted by Crippen LogP contribution is -2.00. The van der Waals surface area contributed by atoms with Crippen molar-refractivity contribution < 1.29 is 0 Å². The highest BCUT2D eigenvalue weighted by Crippen LogP contribution is 2.37. The Bertz CT molecular complexity index is 705. The van der Waals surface area contributed by atoms with Crippen molar-refractivity contribution in [2.45, 2.75) is 59.3 Å². The molecule has 0 amide bonds. The van der Waals surface area contributed by atoms with Crippen molar-refractivity contribution in [3.63, 3.8) is 0 Å². The number of aliphatic imine (C=N–C) groups is 2. The van der Waals surface area contributed by atoms with Crippen molar-refractivity contribution in [3.8, 4) is 0 Å². The first-order chi connectivity index (χ1) is 11.4. The lowest BCUT2D eigenvalue weighted by atomic mass is 9.87. The molecule has 0 aliphatic rings. The third-order valence-corrected chi connectivity index (χ3v) is 4.20. The van der Waals surface area contributed by atoms with Gasteiger partial charge in [0, 0.05) is 0 Å². The molecule has 24 heavy (non-hydrogen) atoms. The molecule has 0 radical (unpaired) electrons. The van der Waals surface area contributed by atoms with Crippen LogP contribution < -0.4 is 0 Å². The van der Waals surface area contributed by atoms with E-state index in [-0.39, 0.29) is 0 Å². The van der Waals surface area contributed by atoms with Gasteiger partial charge in [0.25, 0.3) is 0 Å². The fourth-order valence-corrected chi connectivity index (χ4v) is 2.68. The van der Waals surface area contributed by atoms with Crippen molar-refractivity contribution >= 4 is 17.4 Å². The van der Waals surface area contributed by atoms with E-state index in [2.05, 4.69) is 69.7 Å². The maximum absolute atomic E-state index is 4.63. The molecule has 2 aromatic carbocycles. The monoisotopic (exact) mass is 320 g/mol. The van der Waals surface area contributed by atoms with Crippen LogP contribution in [0, 0.1) is 0 Å². The SMILES string of the molecule is CC(C)c1cc(C(C)C)c(N=C=Nc2ccccc2)c(C(C)C)c1. The number of hydrogen-bond acceptors (Lipinski definition) is 2. The molecule has 0 aliphatic heterocycles. The van der Waals surface area contributed by atoms with Gasteiger partial charge in [0.15, 0.2) is 0 Å². The van der Waals surface area contributed by atoms with Crippen LogP contribution in [-0.2, 0) is 0 Å². The summed E-state index contributed by atoms with van der Waals surface area (Å²) in [5, 5.41) is 0. The number of nitrogens with zero attached hydrogens (tertiary/aromatic N) is 2. The van der Waals surface area contributed by atoms with Crippen molar-refractivity contribution in [2.75, 3.05) is 0 Å². The van der Waals surface area contributed by atoms with Crippen LogP contribution in [0.2, 0.25) is 0 Å². The normalized spacial score (nSPS) is 11.0. The quantitative estimate of drug-likeness (QED) is 0.521. The van der Waals surface area contributed by atoms with E-state index in [4.69, 9.17) is 0 Å². The Morgan fingerprint density at radius 2 is 1.25 bits per heavy atom. The lowest BCUT2D eigenvalue weighted by molar-refractivity contribution is 0.805. The highest BCUT2D eigenvalue weighted by Gasteiger charge is 2.16. The molecule has 0 fully saturated rings. The Morgan fingerprint density at radius 3 is 1.71 bits per heavy atom. The fraction of sp³-hybridized carbons (Fsp3) is 0.409. The molecule has 0 saturated heterocycles. The zero-order chi connectivity index (χ0) is 17.7. The van der Waals surface area contributed by atoms with Gasteiger partial charge in [-0.05, 0) is 46.6 Å². The Kier molecular flexibility index (Phi) is 6.11. The third kappa shape index (κ3) is 4.43. The molecule has 0 N–H and O–H groups in total. The summed E-state index contributed by atoms with van der Waals surface area (Å²) in [5.74, 6) is 1.34. The Hall–Kier alpha value is -2.18. The molecule has 0 bridgehead atoms. The molecule has 0 atom stereocenters. The molecule has 0 unspecified atom stereocenters. The van der Waals surface area contributed by atoms with Crippen LogP contribution in [0.25, 0.3) is 0 Å². The van der Waals surface area contributed by atoms with Gasteiger partial charge in [-0.25, -0.2) is 0 Å². The van der Waals surface area contributed by atoms with E-state index < -0.39 is 0 Å². The summed E-state index contributed by atoms with van der Waals surface area (Å²) in [6.07, 6.45) is 0. The Labute approximate surface area is 146 Å². The highest BCUT2D eigenvalue weighted by atomic mass is 14.8. The molecular weight excluding hydrogens is 292 g/mol. The number of rotatable bonds is 5. The van der Waals surface area contributed by atoms with Gasteiger partial charge in [-0.3, -0.25) is 0 Å². The summed E-state index contributed by atoms with van der Waals surface area (Å²) in [7, 11) is 0. The van der Waals surface area contributed by atoms with Gasteiger partial charge in [0.1, 0.15) is 6.01 Å². The van der Waals surface area contributed by atoms with Crippen molar-refractivity contribution in [2.24, 2.45) is 9.98 Å². The van der Waals surface area contributed by atoms with Crippen LogP contribution in [0.5, 0.6) is 0 Å². The van der Waals surface area contributed by atoms with Gasteiger partial charge in [0.2, 0.25) is 0 Å². The zero-order valence-corrected chi connectivity index (χ0v) is 15.7. The van der Waals surface area contributed by atoms with Gasteiger partial charge < -0.3 is 0 Å². The van der Waals surface area contributed by atoms with Crippen LogP contribution in [0.3, 0.4) is 0 Å². The molecule has 0 spiro atoms. The molecule has 2 rings (SSSR count). The number of hydrogen-bond donors (Lipinski definition) is 0. The molecule has 0 saturated carbocycles. The first-order valence-corrected chi connectivity index (χ1v) is 8.79. The second-order valence-electron chi connectivity index (χ2n) is 7.17. The molecule has 2 aromatic rings. The van der Waals surface area contributed by atoms with E-state index in [0.717, 1.165) is 11.4 Å². The van der Waals surface area contributed by atoms with Crippen molar-refractivity contribution in [1.82, 2.24) is 0 Å². The van der Waals surface area contributed by atoms with E-state index >= 15 is 0 Å². The largest absolute Gasteiger partial charge is 0.188 e. The van der Waals surface area contributed by atoms with E-state index in [1.165, 1.54) is 16.7 Å². The minimum Gasteiger partial charge on any atom is -0.188 e. The van der Waals surface area contributed by atoms with Crippen molar-refractivity contribution in [1.29, 1.82) is 0 Å². The summed E-state index contributed by atoms with van der Waals surface area (Å²) < 4.78 is 0. The third-order valence-electron chi connectivity index (χ3n) is 4.20. The molecule has 0 aromatic heterocycles. The van der Waals surface area contributed by atoms with Crippen LogP contribution in [0.4, 0.5) is 11.4 Å². The average molecular weight is 320 g/mol. The van der Waals surface area contributed by atoms with E-state index in [0.29, 0.717) is 17.8 Å². The van der Waals surface area contributed by atoms with Gasteiger partial charge in [-0.2, -0.15) is 9.98 Å². The van der Waals surface area contributed by atoms with Crippen LogP contribution in [0.15, 0.2) is 52.4 Å². The predicted molar refractivity (Wildman–Crippen MR) is 104 cm³/mol. The van der Waals surface area contributed by atoms with Crippen molar-refractivity contribution in [3.05, 3.63) is 59.2 Å². The summed E-state index contributed by atoms with van der Waals surface area (Å²) in [6.45, 7) is 13.4. The zero-order valence-electron chi connectivity index (χ0n) is 15.7. The predicted octanol–water partition coefficient (Wildman–Crippen LogP) is 7.19. The fourth-order valence-electron chi connectivity index (χ4n) is 2.68. The molecule has 126 valence electrons. The summed E-state index contributed by atoms with van der Waals surface area (Å²) >= 11 is 0. The van der Waals surface area contributed by atoms with Crippen LogP contribution in [0.1, 0.15) is 76.0 Å². The first kappa shape index (κ1) is 18.2. The smallest absolute Gasteiger partial charge is 0.100 e. The highest BCUT2D eigenvalue weighted by molar-refractivity contribution is 5.65. The maximum atomic E-state index is 4.63. The molecule has 2 nitrogen and oxygen atoms in total. The lowest BCUT2D eigenvalue weighted by Gasteiger charge is -2.19. The molecule has 2 heteroatoms. The Morgan fingerprint density at radius 1 is 0.708 bits per heavy atom. The van der Waals surface area contributed by atoms with Gasteiger partial charge in [-0.15, -0.1) is 0 Å². The van der Waals surface area contributed by atoms with Gasteiger partial charge in [-0.1, -0.05) is 71.9 Å². The van der Waals surface area contributed by atoms with Crippen LogP contribution >= 0.6 is 0 Å². The summed E-state index contributed by atoms with van der Waals surface area (Å²) in [6, 6.07) is 17.3. The van der Waals surface area contributed by atoms with Gasteiger partial charge in [0.05, 0.1) is 11.4 Å². The topological polar surface area (TPSA) is 24.7 Å². The minimum absolute atomic E-state index is 0.415. The second-order valence-corrected chi connectivity index (χ2v) is 7.17. The maximum Gasteiger partial charge on any atom is 0.100 e. The van der Waals surface area contributed by atoms with E-state index in [1.807, 2.05) is 30.3 Å². The number of benzene rings is 2. The van der Waals surface area contributed by atoms with E-state index in [1.54, 1.807) is 0 Å². The summed E-state index contributed by atoms with van der Waals surface area (Å²) in [5.41, 5.74) is 5.84. The summed E-state index contributed by atoms with van der Waals surface area (Å²) in [4.78, 5) is 8.97. The standard InChI is InChI=1S/C22H28N2/c1-15(2)18-12-20(16(3)4)22(21(13-18)17(5)6)24-14-23-19-10-8-7-9-11-19/h7-13,15-17H,1-6H3. The minimum atomic E-state index is 0.415. The molecular formula is C22H28N2. The number of para-hydroxylation sites is 1. The Balaban J connectivity index is 2.56. The van der Waals surface area contributed by atoms with Crippen LogP contribution in [-0.4, -0.2) is 6.01 Å².